The fraction of sp³-hybridized carbons (Fsp3) is 0.655. The second kappa shape index (κ2) is 10.8. The van der Waals surface area contributed by atoms with Crippen molar-refractivity contribution in [1.29, 1.82) is 0 Å². The van der Waals surface area contributed by atoms with Crippen molar-refractivity contribution >= 4 is 10.8 Å². The predicted molar refractivity (Wildman–Crippen MR) is 129 cm³/mol. The molecule has 0 saturated heterocycles. The molecule has 0 amide bonds. The van der Waals surface area contributed by atoms with Gasteiger partial charge < -0.3 is 4.74 Å². The lowest BCUT2D eigenvalue weighted by Crippen LogP contribution is -2.26. The summed E-state index contributed by atoms with van der Waals surface area (Å²) in [6.07, 6.45) is 16.9. The summed E-state index contributed by atoms with van der Waals surface area (Å²) < 4.78 is 20.0. The summed E-state index contributed by atoms with van der Waals surface area (Å²) in [5.74, 6) is 4.05. The van der Waals surface area contributed by atoms with Crippen molar-refractivity contribution in [3.05, 3.63) is 41.7 Å². The summed E-state index contributed by atoms with van der Waals surface area (Å²) in [7, 11) is 0. The van der Waals surface area contributed by atoms with Gasteiger partial charge in [0.1, 0.15) is 0 Å². The van der Waals surface area contributed by atoms with Gasteiger partial charge in [-0.2, -0.15) is 0 Å². The number of rotatable bonds is 8. The molecule has 0 N–H and O–H groups in total. The van der Waals surface area contributed by atoms with E-state index >= 15 is 0 Å². The molecule has 2 aromatic rings. The van der Waals surface area contributed by atoms with Crippen molar-refractivity contribution in [2.24, 2.45) is 23.7 Å². The van der Waals surface area contributed by atoms with Gasteiger partial charge in [-0.1, -0.05) is 69.7 Å². The average Bonchev–Trinajstić information content (AvgIpc) is 2.81. The van der Waals surface area contributed by atoms with Gasteiger partial charge in [-0.05, 0) is 86.1 Å². The molecule has 2 aliphatic carbocycles. The summed E-state index contributed by atoms with van der Waals surface area (Å²) in [5.41, 5.74) is 1.34. The van der Waals surface area contributed by atoms with Crippen molar-refractivity contribution in [3.63, 3.8) is 0 Å². The molecule has 0 radical (unpaired) electrons. The van der Waals surface area contributed by atoms with Crippen molar-refractivity contribution in [3.8, 4) is 5.75 Å². The van der Waals surface area contributed by atoms with Gasteiger partial charge in [-0.25, -0.2) is 4.39 Å². The zero-order valence-corrected chi connectivity index (χ0v) is 19.7. The van der Waals surface area contributed by atoms with E-state index in [0.29, 0.717) is 17.7 Å². The van der Waals surface area contributed by atoms with Gasteiger partial charge in [0.2, 0.25) is 0 Å². The van der Waals surface area contributed by atoms with Gasteiger partial charge >= 0.3 is 0 Å². The van der Waals surface area contributed by atoms with Gasteiger partial charge in [0, 0.05) is 5.39 Å². The third-order valence-corrected chi connectivity index (χ3v) is 8.27. The van der Waals surface area contributed by atoms with Crippen LogP contribution in [0.1, 0.15) is 90.0 Å². The molecule has 0 heterocycles. The van der Waals surface area contributed by atoms with Crippen LogP contribution in [0, 0.1) is 29.5 Å². The van der Waals surface area contributed by atoms with Gasteiger partial charge in [0.05, 0.1) is 6.61 Å². The van der Waals surface area contributed by atoms with E-state index in [4.69, 9.17) is 4.74 Å². The van der Waals surface area contributed by atoms with E-state index in [1.54, 1.807) is 6.07 Å². The lowest BCUT2D eigenvalue weighted by molar-refractivity contribution is 0.141. The Kier molecular flexibility index (Phi) is 7.91. The Hall–Kier alpha value is -1.57. The van der Waals surface area contributed by atoms with Crippen LogP contribution in [0.15, 0.2) is 30.3 Å². The molecule has 2 saturated carbocycles. The number of fused-ring (bicyclic) bond motifs is 1. The van der Waals surface area contributed by atoms with Crippen molar-refractivity contribution in [1.82, 2.24) is 0 Å². The average molecular weight is 425 g/mol. The first kappa shape index (κ1) is 22.6. The van der Waals surface area contributed by atoms with Crippen molar-refractivity contribution in [2.75, 3.05) is 6.61 Å². The Morgan fingerprint density at radius 3 is 2.06 bits per heavy atom. The molecule has 0 aliphatic heterocycles. The van der Waals surface area contributed by atoms with Gasteiger partial charge in [-0.15, -0.1) is 0 Å². The lowest BCUT2D eigenvalue weighted by atomic mass is 9.68. The maximum absolute atomic E-state index is 14.6. The summed E-state index contributed by atoms with van der Waals surface area (Å²) in [4.78, 5) is 0. The van der Waals surface area contributed by atoms with Crippen LogP contribution < -0.4 is 4.74 Å². The van der Waals surface area contributed by atoms with Crippen LogP contribution in [0.5, 0.6) is 5.75 Å². The maximum atomic E-state index is 14.6. The van der Waals surface area contributed by atoms with E-state index in [-0.39, 0.29) is 5.82 Å². The van der Waals surface area contributed by atoms with Gasteiger partial charge in [0.15, 0.2) is 11.6 Å². The molecule has 0 atom stereocenters. The molecule has 2 aliphatic rings. The highest BCUT2D eigenvalue weighted by molar-refractivity contribution is 5.85. The Balaban J connectivity index is 1.25. The van der Waals surface area contributed by atoms with E-state index in [9.17, 15) is 4.39 Å². The second-order valence-electron chi connectivity index (χ2n) is 10.3. The molecule has 2 aromatic carbocycles. The van der Waals surface area contributed by atoms with Crippen molar-refractivity contribution < 1.29 is 9.13 Å². The lowest BCUT2D eigenvalue weighted by Gasteiger charge is -2.38. The second-order valence-corrected chi connectivity index (χ2v) is 10.3. The predicted octanol–water partition coefficient (Wildman–Crippen LogP) is 8.72. The molecule has 1 nitrogen and oxygen atoms in total. The number of halogens is 1. The summed E-state index contributed by atoms with van der Waals surface area (Å²) in [6, 6.07) is 9.99. The number of aryl methyl sites for hydroxylation is 1. The molecule has 0 bridgehead atoms. The first-order valence-corrected chi connectivity index (χ1v) is 13.0. The van der Waals surface area contributed by atoms with Crippen LogP contribution in [0.25, 0.3) is 10.8 Å². The molecular weight excluding hydrogens is 383 g/mol. The largest absolute Gasteiger partial charge is 0.491 e. The standard InChI is InChI=1S/C29H41FO/c1-3-5-21-8-13-24(14-9-21)25-15-10-22(11-16-25)6-7-23-12-18-27-26(20-23)17-19-28(29(27)30)31-4-2/h12,17-22,24-25H,3-11,13-16H2,1-2H3. The van der Waals surface area contributed by atoms with E-state index < -0.39 is 0 Å². The highest BCUT2D eigenvalue weighted by Crippen LogP contribution is 2.43. The minimum absolute atomic E-state index is 0.229. The van der Waals surface area contributed by atoms with E-state index in [1.165, 1.54) is 76.2 Å². The zero-order valence-electron chi connectivity index (χ0n) is 19.7. The zero-order chi connectivity index (χ0) is 21.6. The molecule has 31 heavy (non-hydrogen) atoms. The molecule has 0 spiro atoms. The van der Waals surface area contributed by atoms with Crippen LogP contribution in [0.4, 0.5) is 4.39 Å². The Morgan fingerprint density at radius 2 is 1.45 bits per heavy atom. The minimum atomic E-state index is -0.229. The number of benzene rings is 2. The molecule has 170 valence electrons. The molecule has 0 aromatic heterocycles. The van der Waals surface area contributed by atoms with Crippen molar-refractivity contribution in [2.45, 2.75) is 90.9 Å². The summed E-state index contributed by atoms with van der Waals surface area (Å²) >= 11 is 0. The first-order chi connectivity index (χ1) is 15.2. The van der Waals surface area contributed by atoms with Crippen LogP contribution in [-0.2, 0) is 6.42 Å². The summed E-state index contributed by atoms with van der Waals surface area (Å²) in [6.45, 7) is 4.71. The van der Waals surface area contributed by atoms with E-state index in [0.717, 1.165) is 35.5 Å². The topological polar surface area (TPSA) is 9.23 Å². The smallest absolute Gasteiger partial charge is 0.172 e. The van der Waals surface area contributed by atoms with E-state index in [2.05, 4.69) is 19.1 Å². The molecule has 2 heteroatoms. The van der Waals surface area contributed by atoms with Crippen LogP contribution in [0.2, 0.25) is 0 Å². The number of ether oxygens (including phenoxy) is 1. The monoisotopic (exact) mass is 424 g/mol. The van der Waals surface area contributed by atoms with Crippen LogP contribution >= 0.6 is 0 Å². The number of hydrogen-bond donors (Lipinski definition) is 0. The highest BCUT2D eigenvalue weighted by Gasteiger charge is 2.30. The Labute approximate surface area is 188 Å². The molecule has 2 fully saturated rings. The minimum Gasteiger partial charge on any atom is -0.491 e. The van der Waals surface area contributed by atoms with Crippen LogP contribution in [-0.4, -0.2) is 6.61 Å². The van der Waals surface area contributed by atoms with E-state index in [1.807, 2.05) is 19.1 Å². The van der Waals surface area contributed by atoms with Crippen LogP contribution in [0.3, 0.4) is 0 Å². The fourth-order valence-electron chi connectivity index (χ4n) is 6.42. The summed E-state index contributed by atoms with van der Waals surface area (Å²) in [5, 5.41) is 1.66. The Morgan fingerprint density at radius 1 is 0.806 bits per heavy atom. The molecular formula is C29H41FO. The SMILES string of the molecule is CCCC1CCC(C2CCC(CCc3ccc4c(F)c(OCC)ccc4c3)CC2)CC1. The quantitative estimate of drug-likeness (QED) is 0.411. The normalized spacial score (nSPS) is 26.8. The molecule has 0 unspecified atom stereocenters. The first-order valence-electron chi connectivity index (χ1n) is 13.0. The number of hydrogen-bond acceptors (Lipinski definition) is 1. The van der Waals surface area contributed by atoms with Gasteiger partial charge in [0.25, 0.3) is 0 Å². The third-order valence-electron chi connectivity index (χ3n) is 8.27. The highest BCUT2D eigenvalue weighted by atomic mass is 19.1. The Bertz CT molecular complexity index is 828. The van der Waals surface area contributed by atoms with Gasteiger partial charge in [-0.3, -0.25) is 0 Å². The molecule has 4 rings (SSSR count). The maximum Gasteiger partial charge on any atom is 0.172 e. The third kappa shape index (κ3) is 5.62. The fourth-order valence-corrected chi connectivity index (χ4v) is 6.42.